The van der Waals surface area contributed by atoms with Gasteiger partial charge in [-0.15, -0.1) is 0 Å². The summed E-state index contributed by atoms with van der Waals surface area (Å²) in [7, 11) is 0. The molecule has 0 aliphatic carbocycles. The summed E-state index contributed by atoms with van der Waals surface area (Å²) in [6, 6.07) is 17.6. The van der Waals surface area contributed by atoms with Crippen molar-refractivity contribution >= 4 is 28.6 Å². The first-order valence-corrected chi connectivity index (χ1v) is 6.43. The van der Waals surface area contributed by atoms with Crippen LogP contribution in [0, 0.1) is 0 Å². The van der Waals surface area contributed by atoms with Crippen LogP contribution in [-0.2, 0) is 4.79 Å². The second-order valence-electron chi connectivity index (χ2n) is 4.48. The van der Waals surface area contributed by atoms with Crippen molar-refractivity contribution in [3.63, 3.8) is 0 Å². The monoisotopic (exact) mass is 262 g/mol. The Labute approximate surface area is 116 Å². The standard InChI is InChI=1S/C17H14N2O/c20-17(11-10-13-6-2-1-3-7-13)19-16-12-18-15-9-5-4-8-14(15)16/h1-12,18H,(H,19,20). The lowest BCUT2D eigenvalue weighted by atomic mass is 10.2. The van der Waals surface area contributed by atoms with Gasteiger partial charge in [-0.1, -0.05) is 48.5 Å². The molecule has 0 radical (unpaired) electrons. The Hall–Kier alpha value is -2.81. The topological polar surface area (TPSA) is 44.9 Å². The number of fused-ring (bicyclic) bond motifs is 1. The maximum Gasteiger partial charge on any atom is 0.248 e. The van der Waals surface area contributed by atoms with Crippen LogP contribution in [0.3, 0.4) is 0 Å². The lowest BCUT2D eigenvalue weighted by molar-refractivity contribution is -0.111. The van der Waals surface area contributed by atoms with E-state index in [0.29, 0.717) is 0 Å². The van der Waals surface area contributed by atoms with Crippen molar-refractivity contribution in [2.24, 2.45) is 0 Å². The Morgan fingerprint density at radius 2 is 1.75 bits per heavy atom. The van der Waals surface area contributed by atoms with E-state index in [1.165, 1.54) is 6.08 Å². The summed E-state index contributed by atoms with van der Waals surface area (Å²) < 4.78 is 0. The zero-order valence-corrected chi connectivity index (χ0v) is 10.8. The second kappa shape index (κ2) is 5.45. The number of hydrogen-bond donors (Lipinski definition) is 2. The molecule has 0 aliphatic heterocycles. The number of aromatic amines is 1. The summed E-state index contributed by atoms with van der Waals surface area (Å²) in [6.07, 6.45) is 5.14. The SMILES string of the molecule is O=C(C=Cc1ccccc1)Nc1c[nH]c2ccccc12. The third-order valence-electron chi connectivity index (χ3n) is 3.07. The smallest absolute Gasteiger partial charge is 0.248 e. The van der Waals surface area contributed by atoms with Gasteiger partial charge in [-0.2, -0.15) is 0 Å². The zero-order valence-electron chi connectivity index (χ0n) is 10.8. The molecular weight excluding hydrogens is 248 g/mol. The molecule has 0 atom stereocenters. The molecule has 3 rings (SSSR count). The van der Waals surface area contributed by atoms with Crippen LogP contribution in [-0.4, -0.2) is 10.9 Å². The highest BCUT2D eigenvalue weighted by Crippen LogP contribution is 2.22. The molecule has 0 unspecified atom stereocenters. The van der Waals surface area contributed by atoms with Gasteiger partial charge < -0.3 is 10.3 Å². The molecule has 0 saturated carbocycles. The van der Waals surface area contributed by atoms with Gasteiger partial charge in [0.1, 0.15) is 0 Å². The van der Waals surface area contributed by atoms with Gasteiger partial charge in [0, 0.05) is 23.2 Å². The fourth-order valence-electron chi connectivity index (χ4n) is 2.09. The molecule has 98 valence electrons. The second-order valence-corrected chi connectivity index (χ2v) is 4.48. The summed E-state index contributed by atoms with van der Waals surface area (Å²) in [5, 5.41) is 3.89. The van der Waals surface area contributed by atoms with Crippen LogP contribution in [0.4, 0.5) is 5.69 Å². The molecule has 0 fully saturated rings. The highest BCUT2D eigenvalue weighted by molar-refractivity contribution is 6.07. The molecule has 2 aromatic carbocycles. The normalized spacial score (nSPS) is 11.0. The quantitative estimate of drug-likeness (QED) is 0.692. The number of amides is 1. The van der Waals surface area contributed by atoms with E-state index in [1.54, 1.807) is 12.3 Å². The van der Waals surface area contributed by atoms with E-state index < -0.39 is 0 Å². The number of aromatic nitrogens is 1. The van der Waals surface area contributed by atoms with E-state index in [2.05, 4.69) is 10.3 Å². The molecule has 1 heterocycles. The van der Waals surface area contributed by atoms with Gasteiger partial charge in [0.15, 0.2) is 0 Å². The molecule has 0 bridgehead atoms. The number of hydrogen-bond acceptors (Lipinski definition) is 1. The summed E-state index contributed by atoms with van der Waals surface area (Å²) in [4.78, 5) is 15.0. The Bertz CT molecular complexity index is 757. The number of benzene rings is 2. The van der Waals surface area contributed by atoms with Gasteiger partial charge in [0.05, 0.1) is 5.69 Å². The summed E-state index contributed by atoms with van der Waals surface area (Å²) in [5.41, 5.74) is 2.81. The van der Waals surface area contributed by atoms with Crippen molar-refractivity contribution in [1.82, 2.24) is 4.98 Å². The van der Waals surface area contributed by atoms with Crippen LogP contribution in [0.15, 0.2) is 66.9 Å². The highest BCUT2D eigenvalue weighted by atomic mass is 16.1. The summed E-state index contributed by atoms with van der Waals surface area (Å²) >= 11 is 0. The Kier molecular flexibility index (Phi) is 3.33. The van der Waals surface area contributed by atoms with Gasteiger partial charge in [-0.25, -0.2) is 0 Å². The highest BCUT2D eigenvalue weighted by Gasteiger charge is 2.04. The minimum absolute atomic E-state index is 0.140. The Balaban J connectivity index is 1.75. The number of carbonyl (C=O) groups is 1. The predicted octanol–water partition coefficient (Wildman–Crippen LogP) is 3.82. The number of rotatable bonds is 3. The minimum Gasteiger partial charge on any atom is -0.359 e. The first-order chi connectivity index (χ1) is 9.83. The molecule has 3 heteroatoms. The van der Waals surface area contributed by atoms with Crippen LogP contribution < -0.4 is 5.32 Å². The number of carbonyl (C=O) groups excluding carboxylic acids is 1. The van der Waals surface area contributed by atoms with E-state index in [0.717, 1.165) is 22.2 Å². The van der Waals surface area contributed by atoms with Gasteiger partial charge in [0.2, 0.25) is 5.91 Å². The van der Waals surface area contributed by atoms with Gasteiger partial charge in [-0.05, 0) is 17.7 Å². The van der Waals surface area contributed by atoms with Crippen molar-refractivity contribution in [3.8, 4) is 0 Å². The zero-order chi connectivity index (χ0) is 13.8. The maximum absolute atomic E-state index is 11.9. The van der Waals surface area contributed by atoms with Gasteiger partial charge in [-0.3, -0.25) is 4.79 Å². The Morgan fingerprint density at radius 1 is 1.00 bits per heavy atom. The van der Waals surface area contributed by atoms with Crippen LogP contribution in [0.2, 0.25) is 0 Å². The van der Waals surface area contributed by atoms with E-state index in [1.807, 2.05) is 54.6 Å². The van der Waals surface area contributed by atoms with Crippen molar-refractivity contribution in [3.05, 3.63) is 72.4 Å². The Morgan fingerprint density at radius 3 is 2.60 bits per heavy atom. The van der Waals surface area contributed by atoms with E-state index >= 15 is 0 Å². The summed E-state index contributed by atoms with van der Waals surface area (Å²) in [6.45, 7) is 0. The average molecular weight is 262 g/mol. The van der Waals surface area contributed by atoms with Crippen LogP contribution in [0.1, 0.15) is 5.56 Å². The van der Waals surface area contributed by atoms with Crippen LogP contribution >= 0.6 is 0 Å². The van der Waals surface area contributed by atoms with Crippen molar-refractivity contribution in [2.75, 3.05) is 5.32 Å². The third-order valence-corrected chi connectivity index (χ3v) is 3.07. The van der Waals surface area contributed by atoms with Crippen LogP contribution in [0.5, 0.6) is 0 Å². The van der Waals surface area contributed by atoms with Crippen molar-refractivity contribution < 1.29 is 4.79 Å². The molecular formula is C17H14N2O. The van der Waals surface area contributed by atoms with Crippen molar-refractivity contribution in [1.29, 1.82) is 0 Å². The number of para-hydroxylation sites is 1. The molecule has 3 nitrogen and oxygen atoms in total. The molecule has 1 aromatic heterocycles. The first-order valence-electron chi connectivity index (χ1n) is 6.43. The fraction of sp³-hybridized carbons (Fsp3) is 0. The van der Waals surface area contributed by atoms with Crippen molar-refractivity contribution in [2.45, 2.75) is 0 Å². The van der Waals surface area contributed by atoms with Crippen LogP contribution in [0.25, 0.3) is 17.0 Å². The molecule has 2 N–H and O–H groups in total. The molecule has 0 spiro atoms. The lowest BCUT2D eigenvalue weighted by Gasteiger charge is -1.99. The first kappa shape index (κ1) is 12.2. The number of anilines is 1. The van der Waals surface area contributed by atoms with E-state index in [4.69, 9.17) is 0 Å². The molecule has 20 heavy (non-hydrogen) atoms. The maximum atomic E-state index is 11.9. The molecule has 1 amide bonds. The largest absolute Gasteiger partial charge is 0.359 e. The van der Waals surface area contributed by atoms with E-state index in [9.17, 15) is 4.79 Å². The average Bonchev–Trinajstić information content (AvgIpc) is 2.90. The summed E-state index contributed by atoms with van der Waals surface area (Å²) in [5.74, 6) is -0.140. The molecule has 0 saturated heterocycles. The fourth-order valence-corrected chi connectivity index (χ4v) is 2.09. The minimum atomic E-state index is -0.140. The number of nitrogens with one attached hydrogen (secondary N) is 2. The number of H-pyrrole nitrogens is 1. The molecule has 3 aromatic rings. The van der Waals surface area contributed by atoms with Gasteiger partial charge in [0.25, 0.3) is 0 Å². The molecule has 0 aliphatic rings. The van der Waals surface area contributed by atoms with E-state index in [-0.39, 0.29) is 5.91 Å². The lowest BCUT2D eigenvalue weighted by Crippen LogP contribution is -2.07. The van der Waals surface area contributed by atoms with Gasteiger partial charge >= 0.3 is 0 Å². The predicted molar refractivity (Wildman–Crippen MR) is 82.4 cm³/mol. The third kappa shape index (κ3) is 2.62.